The van der Waals surface area contributed by atoms with Gasteiger partial charge in [0.15, 0.2) is 0 Å². The molecule has 40 heavy (non-hydrogen) atoms. The number of allylic oxidation sites excluding steroid dienone is 18. The van der Waals surface area contributed by atoms with Crippen molar-refractivity contribution in [1.82, 2.24) is 0 Å². The summed E-state index contributed by atoms with van der Waals surface area (Å²) in [6.45, 7) is 22.3. The van der Waals surface area contributed by atoms with Gasteiger partial charge in [-0.1, -0.05) is 105 Å². The highest BCUT2D eigenvalue weighted by atomic mass is 14.0. The molecule has 0 saturated heterocycles. The summed E-state index contributed by atoms with van der Waals surface area (Å²) >= 11 is 0. The molecule has 0 radical (unpaired) electrons. The molecule has 0 spiro atoms. The molecule has 0 heteroatoms. The topological polar surface area (TPSA) is 0 Å². The van der Waals surface area contributed by atoms with Gasteiger partial charge in [-0.3, -0.25) is 0 Å². The molecule has 0 aromatic heterocycles. The van der Waals surface area contributed by atoms with E-state index >= 15 is 0 Å². The van der Waals surface area contributed by atoms with E-state index in [0.29, 0.717) is 0 Å². The van der Waals surface area contributed by atoms with E-state index in [1.54, 1.807) is 0 Å². The van der Waals surface area contributed by atoms with E-state index in [2.05, 4.69) is 130 Å². The highest BCUT2D eigenvalue weighted by Gasteiger charge is 1.95. The molecule has 0 aliphatic heterocycles. The van der Waals surface area contributed by atoms with Crippen LogP contribution in [-0.4, -0.2) is 0 Å². The van der Waals surface area contributed by atoms with E-state index in [1.807, 2.05) is 0 Å². The van der Waals surface area contributed by atoms with Gasteiger partial charge in [-0.15, -0.1) is 0 Å². The lowest BCUT2D eigenvalue weighted by molar-refractivity contribution is 0.900. The second-order valence-corrected chi connectivity index (χ2v) is 12.4. The minimum atomic E-state index is 1.14. The van der Waals surface area contributed by atoms with Gasteiger partial charge in [0.1, 0.15) is 0 Å². The Kier molecular flexibility index (Phi) is 23.0. The summed E-state index contributed by atoms with van der Waals surface area (Å²) in [6.07, 6.45) is 37.2. The standard InChI is InChI=1S/C40H64/c1-33(2)19-13-23-37(7)27-17-31-39(9)29-15-25-35(5)21-11-12-22-36(6)26-16-30-40(10)32-18-28-38(8)24-14-20-34(3)4/h11-12,19-22,27-30H,13-18,23-26,31-32H2,1-10H3/b12-11+,35-21+,36-22+,37-27+,38-28+,39-29-,40-30+. The average molecular weight is 545 g/mol. The van der Waals surface area contributed by atoms with Crippen molar-refractivity contribution in [3.8, 4) is 0 Å². The van der Waals surface area contributed by atoms with Crippen LogP contribution in [0.15, 0.2) is 105 Å². The van der Waals surface area contributed by atoms with Crippen LogP contribution in [0, 0.1) is 0 Å². The highest BCUT2D eigenvalue weighted by molar-refractivity contribution is 5.19. The van der Waals surface area contributed by atoms with Gasteiger partial charge in [0.05, 0.1) is 0 Å². The Morgan fingerprint density at radius 3 is 0.775 bits per heavy atom. The first-order chi connectivity index (χ1) is 19.0. The van der Waals surface area contributed by atoms with Crippen LogP contribution in [0.2, 0.25) is 0 Å². The summed E-state index contributed by atoms with van der Waals surface area (Å²) in [5.41, 5.74) is 11.8. The Balaban J connectivity index is 4.27. The first-order valence-corrected chi connectivity index (χ1v) is 15.9. The molecular formula is C40H64. The van der Waals surface area contributed by atoms with Gasteiger partial charge in [-0.2, -0.15) is 0 Å². The fraction of sp³-hybridized carbons (Fsp3) is 0.550. The third kappa shape index (κ3) is 25.9. The molecule has 224 valence electrons. The fourth-order valence-corrected chi connectivity index (χ4v) is 4.38. The molecule has 0 aromatic carbocycles. The minimum absolute atomic E-state index is 1.14. The van der Waals surface area contributed by atoms with E-state index in [0.717, 1.165) is 38.5 Å². The Morgan fingerprint density at radius 2 is 0.525 bits per heavy atom. The summed E-state index contributed by atoms with van der Waals surface area (Å²) in [5.74, 6) is 0. The molecule has 0 aromatic rings. The molecule has 0 heterocycles. The molecule has 0 rings (SSSR count). The van der Waals surface area contributed by atoms with Gasteiger partial charge >= 0.3 is 0 Å². The number of hydrogen-bond acceptors (Lipinski definition) is 0. The Morgan fingerprint density at radius 1 is 0.300 bits per heavy atom. The molecule has 0 aliphatic carbocycles. The molecular weight excluding hydrogens is 480 g/mol. The lowest BCUT2D eigenvalue weighted by Gasteiger charge is -2.02. The van der Waals surface area contributed by atoms with Crippen molar-refractivity contribution in [3.63, 3.8) is 0 Å². The zero-order valence-electron chi connectivity index (χ0n) is 28.3. The summed E-state index contributed by atoms with van der Waals surface area (Å²) in [6, 6.07) is 0. The summed E-state index contributed by atoms with van der Waals surface area (Å²) in [7, 11) is 0. The van der Waals surface area contributed by atoms with Crippen LogP contribution < -0.4 is 0 Å². The molecule has 0 nitrogen and oxygen atoms in total. The van der Waals surface area contributed by atoms with Crippen LogP contribution in [0.5, 0.6) is 0 Å². The largest absolute Gasteiger partial charge is 0.0856 e. The third-order valence-corrected chi connectivity index (χ3v) is 7.18. The average Bonchev–Trinajstić information content (AvgIpc) is 2.86. The quantitative estimate of drug-likeness (QED) is 0.106. The highest BCUT2D eigenvalue weighted by Crippen LogP contribution is 2.15. The number of rotatable bonds is 20. The van der Waals surface area contributed by atoms with E-state index < -0.39 is 0 Å². The molecule has 0 N–H and O–H groups in total. The fourth-order valence-electron chi connectivity index (χ4n) is 4.38. The SMILES string of the molecule is CC(C)=CCC/C(C)=C/CC/C(C)=C\CC/C(C)=C/C=C/C=C(\C)CC/C=C(\C)CC/C=C(\C)CCC=C(C)C. The maximum atomic E-state index is 2.43. The molecule has 0 atom stereocenters. The van der Waals surface area contributed by atoms with Crippen molar-refractivity contribution in [3.05, 3.63) is 105 Å². The third-order valence-electron chi connectivity index (χ3n) is 7.18. The smallest absolute Gasteiger partial charge is 0.0285 e. The van der Waals surface area contributed by atoms with Crippen LogP contribution in [0.4, 0.5) is 0 Å². The lowest BCUT2D eigenvalue weighted by atomic mass is 10.0. The second-order valence-electron chi connectivity index (χ2n) is 12.4. The molecule has 0 fully saturated rings. The molecule has 0 unspecified atom stereocenters. The van der Waals surface area contributed by atoms with Crippen molar-refractivity contribution < 1.29 is 0 Å². The van der Waals surface area contributed by atoms with E-state index in [-0.39, 0.29) is 0 Å². The van der Waals surface area contributed by atoms with Gasteiger partial charge in [0, 0.05) is 0 Å². The predicted molar refractivity (Wildman–Crippen MR) is 186 cm³/mol. The van der Waals surface area contributed by atoms with Crippen LogP contribution in [0.25, 0.3) is 0 Å². The van der Waals surface area contributed by atoms with Gasteiger partial charge in [0.25, 0.3) is 0 Å². The van der Waals surface area contributed by atoms with Crippen LogP contribution in [0.1, 0.15) is 146 Å². The van der Waals surface area contributed by atoms with E-state index in [9.17, 15) is 0 Å². The van der Waals surface area contributed by atoms with Gasteiger partial charge in [-0.05, 0) is 146 Å². The summed E-state index contributed by atoms with van der Waals surface area (Å²) < 4.78 is 0. The van der Waals surface area contributed by atoms with Crippen molar-refractivity contribution >= 4 is 0 Å². The molecule has 0 bridgehead atoms. The Labute approximate surface area is 251 Å². The van der Waals surface area contributed by atoms with E-state index in [1.165, 1.54) is 83.1 Å². The predicted octanol–water partition coefficient (Wildman–Crippen LogP) is 13.8. The van der Waals surface area contributed by atoms with Gasteiger partial charge in [0.2, 0.25) is 0 Å². The van der Waals surface area contributed by atoms with Crippen molar-refractivity contribution in [1.29, 1.82) is 0 Å². The Bertz CT molecular complexity index is 887. The second kappa shape index (κ2) is 24.5. The Hall–Kier alpha value is -2.34. The maximum Gasteiger partial charge on any atom is -0.0285 e. The lowest BCUT2D eigenvalue weighted by Crippen LogP contribution is -1.82. The van der Waals surface area contributed by atoms with Gasteiger partial charge < -0.3 is 0 Å². The van der Waals surface area contributed by atoms with E-state index in [4.69, 9.17) is 0 Å². The summed E-state index contributed by atoms with van der Waals surface area (Å²) in [4.78, 5) is 0. The maximum absolute atomic E-state index is 2.43. The van der Waals surface area contributed by atoms with Crippen LogP contribution >= 0.6 is 0 Å². The zero-order chi connectivity index (χ0) is 30.2. The van der Waals surface area contributed by atoms with Gasteiger partial charge in [-0.25, -0.2) is 0 Å². The minimum Gasteiger partial charge on any atom is -0.0856 e. The van der Waals surface area contributed by atoms with Crippen molar-refractivity contribution in [2.45, 2.75) is 146 Å². The van der Waals surface area contributed by atoms with Crippen molar-refractivity contribution in [2.75, 3.05) is 0 Å². The van der Waals surface area contributed by atoms with Crippen LogP contribution in [-0.2, 0) is 0 Å². The molecule has 0 amide bonds. The van der Waals surface area contributed by atoms with Crippen molar-refractivity contribution in [2.24, 2.45) is 0 Å². The molecule has 0 saturated carbocycles. The summed E-state index contributed by atoms with van der Waals surface area (Å²) in [5, 5.41) is 0. The monoisotopic (exact) mass is 545 g/mol. The van der Waals surface area contributed by atoms with Crippen LogP contribution in [0.3, 0.4) is 0 Å². The first kappa shape index (κ1) is 37.7. The first-order valence-electron chi connectivity index (χ1n) is 15.9. The number of hydrogen-bond donors (Lipinski definition) is 0. The normalized spacial score (nSPS) is 14.2. The molecule has 0 aliphatic rings. The zero-order valence-corrected chi connectivity index (χ0v) is 28.3.